The molecule has 0 aromatic rings. The molecule has 0 radical (unpaired) electrons. The Bertz CT molecular complexity index is 251. The van der Waals surface area contributed by atoms with Crippen molar-refractivity contribution in [2.75, 3.05) is 6.54 Å². The first-order valence-corrected chi connectivity index (χ1v) is 5.09. The van der Waals surface area contributed by atoms with E-state index >= 15 is 0 Å². The lowest BCUT2D eigenvalue weighted by molar-refractivity contribution is -0.157. The number of carboxylic acids is 1. The van der Waals surface area contributed by atoms with Crippen LogP contribution in [-0.2, 0) is 9.59 Å². The first-order chi connectivity index (χ1) is 6.78. The van der Waals surface area contributed by atoms with Gasteiger partial charge in [-0.1, -0.05) is 6.92 Å². The van der Waals surface area contributed by atoms with Crippen molar-refractivity contribution in [3.05, 3.63) is 0 Å². The van der Waals surface area contributed by atoms with E-state index in [1.54, 1.807) is 13.8 Å². The van der Waals surface area contributed by atoms with Crippen LogP contribution in [0, 0.1) is 0 Å². The van der Waals surface area contributed by atoms with Gasteiger partial charge in [-0.2, -0.15) is 0 Å². The Kier molecular flexibility index (Phi) is 4.74. The van der Waals surface area contributed by atoms with E-state index in [2.05, 4.69) is 0 Å². The Morgan fingerprint density at radius 1 is 1.40 bits per heavy atom. The minimum atomic E-state index is -1.21. The van der Waals surface area contributed by atoms with Crippen LogP contribution in [0.5, 0.6) is 0 Å². The number of amides is 1. The average Bonchev–Trinajstić information content (AvgIpc) is 2.16. The van der Waals surface area contributed by atoms with Crippen LogP contribution in [0.3, 0.4) is 0 Å². The molecule has 5 nitrogen and oxygen atoms in total. The molecule has 0 aromatic heterocycles. The van der Waals surface area contributed by atoms with Crippen molar-refractivity contribution in [3.63, 3.8) is 0 Å². The summed E-state index contributed by atoms with van der Waals surface area (Å²) in [4.78, 5) is 24.1. The standard InChI is InChI=1S/C10H20N2O3/c1-5-7(11)8(13)12(6-2)10(3,4)9(14)15/h7H,5-6,11H2,1-4H3,(H,14,15)/t7-/m0/s1. The molecule has 0 spiro atoms. The maximum Gasteiger partial charge on any atom is 0.329 e. The topological polar surface area (TPSA) is 83.6 Å². The van der Waals surface area contributed by atoms with Crippen molar-refractivity contribution in [2.24, 2.45) is 5.73 Å². The van der Waals surface area contributed by atoms with E-state index in [0.717, 1.165) is 0 Å². The summed E-state index contributed by atoms with van der Waals surface area (Å²) < 4.78 is 0. The van der Waals surface area contributed by atoms with Gasteiger partial charge in [0.2, 0.25) is 5.91 Å². The lowest BCUT2D eigenvalue weighted by atomic mass is 10.0. The van der Waals surface area contributed by atoms with Crippen LogP contribution in [0.25, 0.3) is 0 Å². The summed E-state index contributed by atoms with van der Waals surface area (Å²) in [5.74, 6) is -1.34. The molecule has 0 aliphatic rings. The summed E-state index contributed by atoms with van der Waals surface area (Å²) in [6, 6.07) is -0.622. The zero-order chi connectivity index (χ0) is 12.2. The first-order valence-electron chi connectivity index (χ1n) is 5.09. The normalized spacial score (nSPS) is 13.4. The number of rotatable bonds is 5. The quantitative estimate of drug-likeness (QED) is 0.698. The molecule has 1 amide bonds. The fourth-order valence-corrected chi connectivity index (χ4v) is 1.32. The second-order valence-corrected chi connectivity index (χ2v) is 3.96. The van der Waals surface area contributed by atoms with Crippen LogP contribution in [-0.4, -0.2) is 40.0 Å². The number of nitrogens with zero attached hydrogens (tertiary/aromatic N) is 1. The molecule has 0 aliphatic carbocycles. The molecule has 0 rings (SSSR count). The Hall–Kier alpha value is -1.10. The van der Waals surface area contributed by atoms with Gasteiger partial charge in [0.05, 0.1) is 6.04 Å². The number of hydrogen-bond donors (Lipinski definition) is 2. The van der Waals surface area contributed by atoms with E-state index in [1.165, 1.54) is 18.7 Å². The second-order valence-electron chi connectivity index (χ2n) is 3.96. The number of carbonyl (C=O) groups is 2. The van der Waals surface area contributed by atoms with Crippen molar-refractivity contribution in [1.29, 1.82) is 0 Å². The molecule has 0 aromatic carbocycles. The number of carboxylic acid groups (broad SMARTS) is 1. The molecule has 0 saturated carbocycles. The van der Waals surface area contributed by atoms with Crippen molar-refractivity contribution in [1.82, 2.24) is 4.90 Å². The van der Waals surface area contributed by atoms with Gasteiger partial charge in [0, 0.05) is 6.54 Å². The largest absolute Gasteiger partial charge is 0.480 e. The molecule has 0 aliphatic heterocycles. The molecule has 88 valence electrons. The third-order valence-electron chi connectivity index (χ3n) is 2.54. The molecular formula is C10H20N2O3. The van der Waals surface area contributed by atoms with Crippen LogP contribution in [0.1, 0.15) is 34.1 Å². The molecule has 1 atom stereocenters. The number of carbonyl (C=O) groups excluding carboxylic acids is 1. The highest BCUT2D eigenvalue weighted by molar-refractivity contribution is 5.88. The number of nitrogens with two attached hydrogens (primary N) is 1. The van der Waals surface area contributed by atoms with Crippen molar-refractivity contribution < 1.29 is 14.7 Å². The van der Waals surface area contributed by atoms with Gasteiger partial charge in [0.25, 0.3) is 0 Å². The van der Waals surface area contributed by atoms with E-state index in [4.69, 9.17) is 10.8 Å². The zero-order valence-electron chi connectivity index (χ0n) is 9.78. The minimum Gasteiger partial charge on any atom is -0.480 e. The fraction of sp³-hybridized carbons (Fsp3) is 0.800. The van der Waals surface area contributed by atoms with Crippen LogP contribution in [0.2, 0.25) is 0 Å². The zero-order valence-corrected chi connectivity index (χ0v) is 9.78. The van der Waals surface area contributed by atoms with Crippen LogP contribution >= 0.6 is 0 Å². The van der Waals surface area contributed by atoms with E-state index in [9.17, 15) is 9.59 Å². The minimum absolute atomic E-state index is 0.313. The van der Waals surface area contributed by atoms with Gasteiger partial charge in [-0.05, 0) is 27.2 Å². The first kappa shape index (κ1) is 13.9. The van der Waals surface area contributed by atoms with Crippen LogP contribution < -0.4 is 5.73 Å². The molecule has 15 heavy (non-hydrogen) atoms. The van der Waals surface area contributed by atoms with E-state index in [-0.39, 0.29) is 5.91 Å². The summed E-state index contributed by atoms with van der Waals surface area (Å²) in [6.07, 6.45) is 0.505. The molecule has 3 N–H and O–H groups in total. The molecular weight excluding hydrogens is 196 g/mol. The van der Waals surface area contributed by atoms with Crippen molar-refractivity contribution in [3.8, 4) is 0 Å². The molecule has 0 bridgehead atoms. The molecule has 0 fully saturated rings. The number of likely N-dealkylation sites (N-methyl/N-ethyl adjacent to an activating group) is 1. The van der Waals surface area contributed by atoms with Gasteiger partial charge in [0.1, 0.15) is 5.54 Å². The van der Waals surface area contributed by atoms with Gasteiger partial charge in [0.15, 0.2) is 0 Å². The third kappa shape index (κ3) is 2.92. The van der Waals surface area contributed by atoms with E-state index in [0.29, 0.717) is 13.0 Å². The number of aliphatic carboxylic acids is 1. The molecule has 0 unspecified atom stereocenters. The highest BCUT2D eigenvalue weighted by Crippen LogP contribution is 2.16. The van der Waals surface area contributed by atoms with Crippen LogP contribution in [0.4, 0.5) is 0 Å². The van der Waals surface area contributed by atoms with Crippen molar-refractivity contribution in [2.45, 2.75) is 45.7 Å². The van der Waals surface area contributed by atoms with Crippen molar-refractivity contribution >= 4 is 11.9 Å². The van der Waals surface area contributed by atoms with Gasteiger partial charge in [-0.25, -0.2) is 4.79 Å². The predicted octanol–water partition coefficient (Wildman–Crippen LogP) is 0.435. The highest BCUT2D eigenvalue weighted by Gasteiger charge is 2.38. The van der Waals surface area contributed by atoms with Gasteiger partial charge in [-0.15, -0.1) is 0 Å². The Labute approximate surface area is 90.2 Å². The number of hydrogen-bond acceptors (Lipinski definition) is 3. The Morgan fingerprint density at radius 2 is 1.87 bits per heavy atom. The Morgan fingerprint density at radius 3 is 2.13 bits per heavy atom. The molecule has 5 heteroatoms. The molecule has 0 saturated heterocycles. The summed E-state index contributed by atoms with van der Waals surface area (Å²) in [6.45, 7) is 6.87. The monoisotopic (exact) mass is 216 g/mol. The summed E-state index contributed by atoms with van der Waals surface area (Å²) >= 11 is 0. The van der Waals surface area contributed by atoms with E-state index in [1.807, 2.05) is 0 Å². The predicted molar refractivity (Wildman–Crippen MR) is 57.4 cm³/mol. The lowest BCUT2D eigenvalue weighted by Crippen LogP contribution is -2.57. The fourth-order valence-electron chi connectivity index (χ4n) is 1.32. The highest BCUT2D eigenvalue weighted by atomic mass is 16.4. The average molecular weight is 216 g/mol. The summed E-state index contributed by atoms with van der Waals surface area (Å²) in [5.41, 5.74) is 4.40. The Balaban J connectivity index is 4.91. The van der Waals surface area contributed by atoms with Gasteiger partial charge in [-0.3, -0.25) is 4.79 Å². The maximum atomic E-state index is 11.8. The van der Waals surface area contributed by atoms with Gasteiger partial charge >= 0.3 is 5.97 Å². The second kappa shape index (κ2) is 5.11. The van der Waals surface area contributed by atoms with E-state index < -0.39 is 17.6 Å². The smallest absolute Gasteiger partial charge is 0.329 e. The molecule has 0 heterocycles. The lowest BCUT2D eigenvalue weighted by Gasteiger charge is -2.35. The summed E-state index contributed by atoms with van der Waals surface area (Å²) in [5, 5.41) is 9.01. The maximum absolute atomic E-state index is 11.8. The third-order valence-corrected chi connectivity index (χ3v) is 2.54. The van der Waals surface area contributed by atoms with Gasteiger partial charge < -0.3 is 15.7 Å². The summed E-state index contributed by atoms with van der Waals surface area (Å²) in [7, 11) is 0. The van der Waals surface area contributed by atoms with Crippen LogP contribution in [0.15, 0.2) is 0 Å². The SMILES string of the molecule is CC[C@H](N)C(=O)N(CC)C(C)(C)C(=O)O.